The van der Waals surface area contributed by atoms with Crippen LogP contribution in [0.5, 0.6) is 5.75 Å². The lowest BCUT2D eigenvalue weighted by Gasteiger charge is -2.35. The first-order chi connectivity index (χ1) is 37.3. The van der Waals surface area contributed by atoms with Crippen molar-refractivity contribution in [1.82, 2.24) is 42.2 Å². The van der Waals surface area contributed by atoms with E-state index in [2.05, 4.69) is 42.2 Å². The number of aromatic nitrogens is 1. The summed E-state index contributed by atoms with van der Waals surface area (Å²) in [5.74, 6) is -10.8. The first-order valence-corrected chi connectivity index (χ1v) is 27.5. The molecule has 1 fully saturated rings. The molecule has 79 heavy (non-hydrogen) atoms. The van der Waals surface area contributed by atoms with Gasteiger partial charge < -0.3 is 74.1 Å². The Morgan fingerprint density at radius 2 is 1.24 bits per heavy atom. The molecule has 0 aliphatic carbocycles. The molecule has 0 bridgehead atoms. The van der Waals surface area contributed by atoms with Crippen molar-refractivity contribution in [3.05, 3.63) is 102 Å². The van der Waals surface area contributed by atoms with Crippen LogP contribution in [-0.2, 0) is 67.2 Å². The van der Waals surface area contributed by atoms with E-state index < -0.39 is 125 Å². The molecule has 0 radical (unpaired) electrons. The molecule has 0 saturated carbocycles. The van der Waals surface area contributed by atoms with Crippen molar-refractivity contribution in [2.75, 3.05) is 12.3 Å². The number of aliphatic carboxylic acids is 3. The third-order valence-electron chi connectivity index (χ3n) is 12.3. The average molecular weight is 1140 g/mol. The Kier molecular flexibility index (Phi) is 24.6. The number of aromatic hydroxyl groups is 1. The van der Waals surface area contributed by atoms with Gasteiger partial charge in [0, 0.05) is 53.8 Å². The number of benzene rings is 3. The lowest BCUT2D eigenvalue weighted by atomic mass is 9.98. The van der Waals surface area contributed by atoms with Gasteiger partial charge in [-0.25, -0.2) is 4.79 Å². The zero-order valence-electron chi connectivity index (χ0n) is 44.3. The van der Waals surface area contributed by atoms with Crippen molar-refractivity contribution in [3.63, 3.8) is 0 Å². The molecule has 1 saturated heterocycles. The lowest BCUT2D eigenvalue weighted by Crippen LogP contribution is -2.63. The molecule has 7 amide bonds. The van der Waals surface area contributed by atoms with E-state index in [0.717, 1.165) is 39.4 Å². The number of fused-ring (bicyclic) bond motifs is 1. The molecule has 3 aromatic carbocycles. The highest BCUT2D eigenvalue weighted by Gasteiger charge is 2.42. The third-order valence-corrected chi connectivity index (χ3v) is 15.6. The van der Waals surface area contributed by atoms with Crippen LogP contribution in [0.2, 0.25) is 0 Å². The largest absolute Gasteiger partial charge is 0.508 e. The molecule has 24 nitrogen and oxygen atoms in total. The molecule has 4 aromatic rings. The minimum atomic E-state index is -1.62. The van der Waals surface area contributed by atoms with Crippen LogP contribution in [-0.4, -0.2) is 150 Å². The SMILES string of the molecule is CC(=O)O.CC(C)[C@H](NC(=O)[C@@H]1CSSC(C)(C)[C@@H](NC(=O)[C@@H](N)CC(=O)O)C(=O)N[C@@H](Cc2ccccc2)C(=O)N[C@H](Cc2c[nH]c3ccccc23)C(=O)N[C@@H](CCCN)C(=O)N[C@@H](Cc2ccc(O)cc2)C(=O)N1)C(=O)O. The zero-order chi connectivity index (χ0) is 58.6. The maximum Gasteiger partial charge on any atom is 0.326 e. The van der Waals surface area contributed by atoms with Gasteiger partial charge in [-0.3, -0.25) is 43.2 Å². The normalized spacial score (nSPS) is 21.2. The molecule has 428 valence electrons. The molecule has 0 unspecified atom stereocenters. The van der Waals surface area contributed by atoms with Crippen molar-refractivity contribution in [2.45, 2.75) is 126 Å². The van der Waals surface area contributed by atoms with Crippen molar-refractivity contribution >= 4 is 91.7 Å². The molecule has 0 spiro atoms. The summed E-state index contributed by atoms with van der Waals surface area (Å²) >= 11 is 0. The van der Waals surface area contributed by atoms with Gasteiger partial charge >= 0.3 is 11.9 Å². The summed E-state index contributed by atoms with van der Waals surface area (Å²) in [6.07, 6.45) is 0.590. The van der Waals surface area contributed by atoms with Crippen LogP contribution in [0.3, 0.4) is 0 Å². The maximum absolute atomic E-state index is 14.8. The van der Waals surface area contributed by atoms with Gasteiger partial charge in [0.25, 0.3) is 5.97 Å². The Morgan fingerprint density at radius 1 is 0.722 bits per heavy atom. The van der Waals surface area contributed by atoms with Crippen LogP contribution in [0, 0.1) is 5.92 Å². The second kappa shape index (κ2) is 30.5. The minimum Gasteiger partial charge on any atom is -0.508 e. The number of amides is 7. The summed E-state index contributed by atoms with van der Waals surface area (Å²) in [4.78, 5) is 137. The molecule has 16 N–H and O–H groups in total. The Hall–Kier alpha value is -7.68. The molecular weight excluding hydrogens is 1060 g/mol. The predicted molar refractivity (Wildman–Crippen MR) is 296 cm³/mol. The van der Waals surface area contributed by atoms with Gasteiger partial charge in [0.15, 0.2) is 0 Å². The first kappa shape index (κ1) is 63.8. The number of rotatable bonds is 17. The summed E-state index contributed by atoms with van der Waals surface area (Å²) in [5.41, 5.74) is 14.3. The maximum atomic E-state index is 14.8. The number of carbonyl (C=O) groups excluding carboxylic acids is 7. The van der Waals surface area contributed by atoms with E-state index in [1.165, 1.54) is 24.3 Å². The van der Waals surface area contributed by atoms with Crippen molar-refractivity contribution in [2.24, 2.45) is 17.4 Å². The number of phenolic OH excluding ortho intramolecular Hbond substituents is 1. The van der Waals surface area contributed by atoms with E-state index in [4.69, 9.17) is 21.4 Å². The van der Waals surface area contributed by atoms with Gasteiger partial charge in [-0.05, 0) is 74.0 Å². The number of para-hydroxylation sites is 1. The quantitative estimate of drug-likeness (QED) is 0.0651. The summed E-state index contributed by atoms with van der Waals surface area (Å²) < 4.78 is -1.42. The number of hydrogen-bond acceptors (Lipinski definition) is 15. The topological polar surface area (TPSA) is 404 Å². The highest BCUT2D eigenvalue weighted by atomic mass is 33.1. The molecular formula is C53H70N10O14S2. The standard InChI is InChI=1S/C51H66N10O12S2.C2H4O2/c1-27(2)41(50(72)73)60-48(70)39-26-74-75-51(3,4)42(61-43(65)33(53)24-40(63)64)49(71)58-37(21-28-11-6-5-7-12-28)45(67)57-38(23-30-25-54-34-14-9-8-13-32(30)34)47(69)55-35(15-10-20-52)44(66)56-36(46(68)59-39)22-29-16-18-31(62)19-17-29;1-2(3)4/h5-9,11-14,16-19,25,27,33,35-39,41-42,54,62H,10,15,20-24,26,52-53H2,1-4H3,(H,55,69)(H,56,66)(H,57,67)(H,58,71)(H,59,68)(H,60,70)(H,61,65)(H,63,64)(H,72,73);1H3,(H,3,4)/t33-,35-,36-,37-,38+,39-,41-,42-;/m0./s1. The van der Waals surface area contributed by atoms with Crippen LogP contribution in [0.1, 0.15) is 70.6 Å². The number of carboxylic acid groups (broad SMARTS) is 3. The number of nitrogens with two attached hydrogens (primary N) is 2. The van der Waals surface area contributed by atoms with Crippen LogP contribution >= 0.6 is 21.6 Å². The summed E-state index contributed by atoms with van der Waals surface area (Å²) in [7, 11) is 1.91. The fourth-order valence-corrected chi connectivity index (χ4v) is 11.0. The fourth-order valence-electron chi connectivity index (χ4n) is 8.14. The predicted octanol–water partition coefficient (Wildman–Crippen LogP) is 0.841. The highest BCUT2D eigenvalue weighted by Crippen LogP contribution is 2.39. The number of hydrogen-bond donors (Lipinski definition) is 14. The number of phenols is 1. The van der Waals surface area contributed by atoms with E-state index in [-0.39, 0.29) is 50.2 Å². The second-order valence-electron chi connectivity index (χ2n) is 19.6. The molecule has 26 heteroatoms. The van der Waals surface area contributed by atoms with E-state index in [9.17, 15) is 58.5 Å². The van der Waals surface area contributed by atoms with Crippen LogP contribution in [0.4, 0.5) is 0 Å². The monoisotopic (exact) mass is 1130 g/mol. The van der Waals surface area contributed by atoms with Crippen LogP contribution < -0.4 is 48.7 Å². The molecule has 1 aliphatic heterocycles. The Bertz CT molecular complexity index is 2780. The number of nitrogens with one attached hydrogen (secondary N) is 8. The van der Waals surface area contributed by atoms with Gasteiger partial charge in [0.1, 0.15) is 48.0 Å². The average Bonchev–Trinajstić information content (AvgIpc) is 3.80. The van der Waals surface area contributed by atoms with Gasteiger partial charge in [0.05, 0.1) is 12.5 Å². The van der Waals surface area contributed by atoms with E-state index >= 15 is 0 Å². The van der Waals surface area contributed by atoms with Crippen molar-refractivity contribution in [1.29, 1.82) is 0 Å². The number of aromatic amines is 1. The molecule has 2 heterocycles. The van der Waals surface area contributed by atoms with Gasteiger partial charge in [-0.1, -0.05) is 96.1 Å². The smallest absolute Gasteiger partial charge is 0.326 e. The second-order valence-corrected chi connectivity index (χ2v) is 22.6. The van der Waals surface area contributed by atoms with Gasteiger partial charge in [-0.15, -0.1) is 0 Å². The summed E-state index contributed by atoms with van der Waals surface area (Å²) in [6.45, 7) is 7.42. The Balaban J connectivity index is 0.00000325. The molecule has 1 aliphatic rings. The van der Waals surface area contributed by atoms with Crippen LogP contribution in [0.15, 0.2) is 85.1 Å². The van der Waals surface area contributed by atoms with Crippen molar-refractivity contribution < 1.29 is 68.4 Å². The molecule has 5 rings (SSSR count). The Morgan fingerprint density at radius 3 is 1.81 bits per heavy atom. The Labute approximate surface area is 463 Å². The summed E-state index contributed by atoms with van der Waals surface area (Å²) in [5, 5.41) is 56.4. The van der Waals surface area contributed by atoms with Crippen molar-refractivity contribution in [3.8, 4) is 5.75 Å². The lowest BCUT2D eigenvalue weighted by molar-refractivity contribution is -0.143. The fraction of sp³-hybridized carbons (Fsp3) is 0.434. The van der Waals surface area contributed by atoms with E-state index in [1.807, 2.05) is 18.2 Å². The minimum absolute atomic E-state index is 0.0360. The van der Waals surface area contributed by atoms with Crippen LogP contribution in [0.25, 0.3) is 10.9 Å². The molecule has 1 aromatic heterocycles. The number of carboxylic acids is 3. The first-order valence-electron chi connectivity index (χ1n) is 25.2. The summed E-state index contributed by atoms with van der Waals surface area (Å²) in [6, 6.07) is 9.85. The van der Waals surface area contributed by atoms with E-state index in [0.29, 0.717) is 16.7 Å². The van der Waals surface area contributed by atoms with Gasteiger partial charge in [0.2, 0.25) is 41.4 Å². The number of H-pyrrole nitrogens is 1. The number of carbonyl (C=O) groups is 10. The van der Waals surface area contributed by atoms with E-state index in [1.54, 1.807) is 70.3 Å². The van der Waals surface area contributed by atoms with Gasteiger partial charge in [-0.2, -0.15) is 0 Å². The highest BCUT2D eigenvalue weighted by molar-refractivity contribution is 8.77. The zero-order valence-corrected chi connectivity index (χ0v) is 45.9. The molecule has 8 atom stereocenters. The third kappa shape index (κ3) is 20.2.